The van der Waals surface area contributed by atoms with Gasteiger partial charge in [0.2, 0.25) is 0 Å². The van der Waals surface area contributed by atoms with Gasteiger partial charge in [0.05, 0.1) is 5.57 Å². The van der Waals surface area contributed by atoms with E-state index in [2.05, 4.69) is 0 Å². The predicted molar refractivity (Wildman–Crippen MR) is 45.1 cm³/mol. The molecule has 74 valence electrons. The lowest BCUT2D eigenvalue weighted by Crippen LogP contribution is -2.22. The number of halogens is 3. The molecule has 0 aliphatic heterocycles. The Kier molecular flexibility index (Phi) is 2.81. The first kappa shape index (κ1) is 10.3. The summed E-state index contributed by atoms with van der Waals surface area (Å²) in [6.07, 6.45) is -0.953. The molecule has 1 nitrogen and oxygen atoms in total. The van der Waals surface area contributed by atoms with E-state index >= 15 is 0 Å². The molecule has 13 heavy (non-hydrogen) atoms. The van der Waals surface area contributed by atoms with Crippen molar-refractivity contribution in [3.8, 4) is 0 Å². The van der Waals surface area contributed by atoms with Crippen molar-refractivity contribution < 1.29 is 13.2 Å². The van der Waals surface area contributed by atoms with Gasteiger partial charge in [-0.2, -0.15) is 13.2 Å². The highest BCUT2D eigenvalue weighted by Crippen LogP contribution is 2.35. The van der Waals surface area contributed by atoms with E-state index in [1.807, 2.05) is 0 Å². The van der Waals surface area contributed by atoms with E-state index in [9.17, 15) is 13.2 Å². The van der Waals surface area contributed by atoms with E-state index < -0.39 is 11.7 Å². The van der Waals surface area contributed by atoms with Crippen LogP contribution in [0.4, 0.5) is 13.2 Å². The molecule has 0 aromatic rings. The first-order valence-electron chi connectivity index (χ1n) is 4.11. The van der Waals surface area contributed by atoms with Crippen molar-refractivity contribution in [2.75, 3.05) is 6.54 Å². The highest BCUT2D eigenvalue weighted by molar-refractivity contribution is 5.34. The second-order valence-corrected chi connectivity index (χ2v) is 3.17. The van der Waals surface area contributed by atoms with Crippen molar-refractivity contribution in [2.45, 2.75) is 19.5 Å². The summed E-state index contributed by atoms with van der Waals surface area (Å²) in [6.45, 7) is 1.78. The summed E-state index contributed by atoms with van der Waals surface area (Å²) in [4.78, 5) is 0. The van der Waals surface area contributed by atoms with Gasteiger partial charge in [0, 0.05) is 0 Å². The normalized spacial score (nSPS) is 23.9. The minimum Gasteiger partial charge on any atom is -0.330 e. The van der Waals surface area contributed by atoms with E-state index in [0.29, 0.717) is 12.0 Å². The molecule has 4 heteroatoms. The zero-order valence-electron chi connectivity index (χ0n) is 7.36. The van der Waals surface area contributed by atoms with Crippen LogP contribution in [-0.2, 0) is 0 Å². The molecule has 0 spiro atoms. The Morgan fingerprint density at radius 2 is 2.15 bits per heavy atom. The fourth-order valence-electron chi connectivity index (χ4n) is 1.47. The Balaban J connectivity index is 2.99. The molecular weight excluding hydrogens is 179 g/mol. The predicted octanol–water partition coefficient (Wildman–Crippen LogP) is 2.40. The molecule has 1 rings (SSSR count). The van der Waals surface area contributed by atoms with Crippen LogP contribution >= 0.6 is 0 Å². The SMILES string of the molecule is CC1=C(C(F)(F)F)C=CCC1CN. The molecule has 0 fully saturated rings. The molecule has 0 radical (unpaired) electrons. The second kappa shape index (κ2) is 3.54. The number of hydrogen-bond donors (Lipinski definition) is 1. The summed E-state index contributed by atoms with van der Waals surface area (Å²) in [7, 11) is 0. The summed E-state index contributed by atoms with van der Waals surface area (Å²) >= 11 is 0. The van der Waals surface area contributed by atoms with Gasteiger partial charge in [-0.3, -0.25) is 0 Å². The van der Waals surface area contributed by atoms with E-state index in [1.165, 1.54) is 13.0 Å². The zero-order valence-corrected chi connectivity index (χ0v) is 7.36. The Morgan fingerprint density at radius 3 is 2.62 bits per heavy atom. The maximum absolute atomic E-state index is 12.4. The Morgan fingerprint density at radius 1 is 1.54 bits per heavy atom. The van der Waals surface area contributed by atoms with Gasteiger partial charge in [-0.15, -0.1) is 0 Å². The highest BCUT2D eigenvalue weighted by atomic mass is 19.4. The second-order valence-electron chi connectivity index (χ2n) is 3.17. The maximum Gasteiger partial charge on any atom is 0.416 e. The molecule has 0 saturated heterocycles. The van der Waals surface area contributed by atoms with E-state index in [4.69, 9.17) is 5.73 Å². The average Bonchev–Trinajstić information content (AvgIpc) is 2.02. The average molecular weight is 191 g/mol. The first-order chi connectivity index (χ1) is 5.96. The molecule has 0 heterocycles. The Bertz CT molecular complexity index is 250. The largest absolute Gasteiger partial charge is 0.416 e. The molecule has 2 N–H and O–H groups in total. The fourth-order valence-corrected chi connectivity index (χ4v) is 1.47. The number of hydrogen-bond acceptors (Lipinski definition) is 1. The van der Waals surface area contributed by atoms with Gasteiger partial charge < -0.3 is 5.73 Å². The molecule has 0 aromatic carbocycles. The molecular formula is C9H12F3N. The van der Waals surface area contributed by atoms with Crippen LogP contribution in [0.3, 0.4) is 0 Å². The zero-order chi connectivity index (χ0) is 10.1. The Hall–Kier alpha value is -0.770. The lowest BCUT2D eigenvalue weighted by molar-refractivity contribution is -0.0896. The highest BCUT2D eigenvalue weighted by Gasteiger charge is 2.35. The Labute approximate surface area is 75.1 Å². The van der Waals surface area contributed by atoms with Crippen molar-refractivity contribution in [2.24, 2.45) is 11.7 Å². The van der Waals surface area contributed by atoms with Crippen LogP contribution in [0.15, 0.2) is 23.3 Å². The van der Waals surface area contributed by atoms with Gasteiger partial charge in [0.1, 0.15) is 0 Å². The van der Waals surface area contributed by atoms with Gasteiger partial charge >= 0.3 is 6.18 Å². The summed E-state index contributed by atoms with van der Waals surface area (Å²) in [5, 5.41) is 0. The quantitative estimate of drug-likeness (QED) is 0.676. The smallest absolute Gasteiger partial charge is 0.330 e. The standard InChI is InChI=1S/C9H12F3N/c1-6-7(5-13)3-2-4-8(6)9(10,11)12/h2,4,7H,3,5,13H2,1H3. The first-order valence-corrected chi connectivity index (χ1v) is 4.11. The van der Waals surface area contributed by atoms with Crippen molar-refractivity contribution in [1.82, 2.24) is 0 Å². The molecule has 1 aliphatic rings. The summed E-state index contributed by atoms with van der Waals surface area (Å²) < 4.78 is 37.1. The van der Waals surface area contributed by atoms with Gasteiger partial charge in [-0.05, 0) is 25.8 Å². The van der Waals surface area contributed by atoms with Gasteiger partial charge in [0.25, 0.3) is 0 Å². The number of rotatable bonds is 1. The lowest BCUT2D eigenvalue weighted by Gasteiger charge is -2.22. The van der Waals surface area contributed by atoms with Crippen LogP contribution in [0.2, 0.25) is 0 Å². The lowest BCUT2D eigenvalue weighted by atomic mass is 9.88. The molecule has 0 bridgehead atoms. The monoisotopic (exact) mass is 191 g/mol. The summed E-state index contributed by atoms with van der Waals surface area (Å²) in [5.74, 6) is -0.151. The third-order valence-electron chi connectivity index (χ3n) is 2.33. The van der Waals surface area contributed by atoms with Crippen molar-refractivity contribution in [3.63, 3.8) is 0 Å². The molecule has 0 amide bonds. The summed E-state index contributed by atoms with van der Waals surface area (Å²) in [6, 6.07) is 0. The van der Waals surface area contributed by atoms with Crippen molar-refractivity contribution in [3.05, 3.63) is 23.3 Å². The van der Waals surface area contributed by atoms with Crippen LogP contribution in [-0.4, -0.2) is 12.7 Å². The third kappa shape index (κ3) is 2.12. The molecule has 0 aromatic heterocycles. The molecule has 0 saturated carbocycles. The fraction of sp³-hybridized carbons (Fsp3) is 0.556. The van der Waals surface area contributed by atoms with E-state index in [0.717, 1.165) is 6.08 Å². The molecule has 1 aliphatic carbocycles. The number of nitrogens with two attached hydrogens (primary N) is 1. The summed E-state index contributed by atoms with van der Waals surface area (Å²) in [5.41, 5.74) is 5.19. The topological polar surface area (TPSA) is 26.0 Å². The molecule has 1 unspecified atom stereocenters. The van der Waals surface area contributed by atoms with Crippen molar-refractivity contribution in [1.29, 1.82) is 0 Å². The van der Waals surface area contributed by atoms with Crippen LogP contribution in [0.1, 0.15) is 13.3 Å². The van der Waals surface area contributed by atoms with Crippen LogP contribution in [0.5, 0.6) is 0 Å². The van der Waals surface area contributed by atoms with Gasteiger partial charge in [-0.25, -0.2) is 0 Å². The van der Waals surface area contributed by atoms with Crippen LogP contribution < -0.4 is 5.73 Å². The van der Waals surface area contributed by atoms with E-state index in [-0.39, 0.29) is 12.5 Å². The maximum atomic E-state index is 12.4. The third-order valence-corrected chi connectivity index (χ3v) is 2.33. The van der Waals surface area contributed by atoms with Crippen molar-refractivity contribution >= 4 is 0 Å². The van der Waals surface area contributed by atoms with Crippen LogP contribution in [0, 0.1) is 5.92 Å². The number of allylic oxidation sites excluding steroid dienone is 3. The number of alkyl halides is 3. The minimum absolute atomic E-state index is 0.151. The van der Waals surface area contributed by atoms with Crippen LogP contribution in [0.25, 0.3) is 0 Å². The minimum atomic E-state index is -4.24. The van der Waals surface area contributed by atoms with Gasteiger partial charge in [-0.1, -0.05) is 17.7 Å². The van der Waals surface area contributed by atoms with Gasteiger partial charge in [0.15, 0.2) is 0 Å². The molecule has 1 atom stereocenters. The van der Waals surface area contributed by atoms with E-state index in [1.54, 1.807) is 0 Å².